The van der Waals surface area contributed by atoms with Gasteiger partial charge in [-0.25, -0.2) is 4.39 Å². The second-order valence-electron chi connectivity index (χ2n) is 5.44. The molecule has 0 aliphatic heterocycles. The highest BCUT2D eigenvalue weighted by molar-refractivity contribution is 7.15. The van der Waals surface area contributed by atoms with E-state index in [1.54, 1.807) is 17.4 Å². The van der Waals surface area contributed by atoms with Gasteiger partial charge in [0.15, 0.2) is 0 Å². The van der Waals surface area contributed by atoms with Gasteiger partial charge in [-0.15, -0.1) is 10.2 Å². The van der Waals surface area contributed by atoms with Crippen LogP contribution in [0, 0.1) is 11.7 Å². The third kappa shape index (κ3) is 4.27. The van der Waals surface area contributed by atoms with Crippen LogP contribution in [0.15, 0.2) is 24.3 Å². The number of benzene rings is 1. The lowest BCUT2D eigenvalue weighted by molar-refractivity contribution is 0.601. The number of anilines is 1. The van der Waals surface area contributed by atoms with Crippen molar-refractivity contribution in [3.05, 3.63) is 40.7 Å². The van der Waals surface area contributed by atoms with E-state index in [0.29, 0.717) is 12.3 Å². The van der Waals surface area contributed by atoms with Gasteiger partial charge in [-0.1, -0.05) is 43.4 Å². The van der Waals surface area contributed by atoms with Crippen molar-refractivity contribution < 1.29 is 4.39 Å². The summed E-state index contributed by atoms with van der Waals surface area (Å²) in [5.41, 5.74) is 0.722. The second kappa shape index (κ2) is 6.79. The van der Waals surface area contributed by atoms with Gasteiger partial charge in [0.05, 0.1) is 0 Å². The summed E-state index contributed by atoms with van der Waals surface area (Å²) in [6.45, 7) is 6.35. The van der Waals surface area contributed by atoms with Crippen molar-refractivity contribution >= 4 is 16.5 Å². The summed E-state index contributed by atoms with van der Waals surface area (Å²) in [5.74, 6) is 0.422. The second-order valence-corrected chi connectivity index (χ2v) is 6.50. The third-order valence-corrected chi connectivity index (χ3v) is 3.78. The van der Waals surface area contributed by atoms with Crippen LogP contribution in [-0.4, -0.2) is 16.2 Å². The zero-order valence-corrected chi connectivity index (χ0v) is 12.9. The normalized spacial score (nSPS) is 12.7. The summed E-state index contributed by atoms with van der Waals surface area (Å²) in [5, 5.41) is 13.4. The molecule has 1 N–H and O–H groups in total. The number of hydrogen-bond donors (Lipinski definition) is 1. The van der Waals surface area contributed by atoms with E-state index in [2.05, 4.69) is 29.4 Å². The summed E-state index contributed by atoms with van der Waals surface area (Å²) in [7, 11) is 0. The zero-order valence-electron chi connectivity index (χ0n) is 12.1. The summed E-state index contributed by atoms with van der Waals surface area (Å²) >= 11 is 1.58. The van der Waals surface area contributed by atoms with E-state index in [1.807, 2.05) is 19.1 Å². The van der Waals surface area contributed by atoms with E-state index in [9.17, 15) is 4.39 Å². The maximum absolute atomic E-state index is 13.6. The molecule has 1 atom stereocenters. The summed E-state index contributed by atoms with van der Waals surface area (Å²) in [6.07, 6.45) is 1.58. The molecule has 0 saturated heterocycles. The molecule has 0 saturated carbocycles. The minimum atomic E-state index is -0.154. The molecular formula is C15H20FN3S. The van der Waals surface area contributed by atoms with Gasteiger partial charge in [-0.3, -0.25) is 0 Å². The minimum Gasteiger partial charge on any atom is -0.357 e. The van der Waals surface area contributed by atoms with Crippen molar-refractivity contribution in [3.63, 3.8) is 0 Å². The summed E-state index contributed by atoms with van der Waals surface area (Å²) < 4.78 is 13.6. The topological polar surface area (TPSA) is 37.8 Å². The van der Waals surface area contributed by atoms with Crippen LogP contribution in [0.4, 0.5) is 9.52 Å². The van der Waals surface area contributed by atoms with Crippen molar-refractivity contribution in [1.82, 2.24) is 10.2 Å². The highest BCUT2D eigenvalue weighted by Gasteiger charge is 2.11. The molecule has 2 rings (SSSR count). The number of halogens is 1. The predicted molar refractivity (Wildman–Crippen MR) is 81.6 cm³/mol. The van der Waals surface area contributed by atoms with E-state index in [0.717, 1.165) is 22.1 Å². The van der Waals surface area contributed by atoms with Gasteiger partial charge in [0.1, 0.15) is 10.8 Å². The van der Waals surface area contributed by atoms with Crippen LogP contribution in [0.5, 0.6) is 0 Å². The van der Waals surface area contributed by atoms with Crippen LogP contribution < -0.4 is 5.32 Å². The number of aromatic nitrogens is 2. The molecule has 0 aliphatic rings. The molecule has 0 amide bonds. The number of nitrogens with one attached hydrogen (secondary N) is 1. The van der Waals surface area contributed by atoms with Crippen LogP contribution >= 0.6 is 11.3 Å². The zero-order chi connectivity index (χ0) is 14.5. The Labute approximate surface area is 123 Å². The summed E-state index contributed by atoms with van der Waals surface area (Å²) in [4.78, 5) is 0. The van der Waals surface area contributed by atoms with Gasteiger partial charge in [-0.2, -0.15) is 0 Å². The Bertz CT molecular complexity index is 554. The van der Waals surface area contributed by atoms with Crippen LogP contribution in [0.1, 0.15) is 31.3 Å². The molecule has 2 aromatic rings. The van der Waals surface area contributed by atoms with Gasteiger partial charge in [0, 0.05) is 12.5 Å². The lowest BCUT2D eigenvalue weighted by atomic mass is 10.1. The fourth-order valence-corrected chi connectivity index (χ4v) is 3.06. The van der Waals surface area contributed by atoms with Gasteiger partial charge in [0.25, 0.3) is 0 Å². The minimum absolute atomic E-state index is 0.117. The van der Waals surface area contributed by atoms with E-state index in [1.165, 1.54) is 6.07 Å². The average Bonchev–Trinajstić information content (AvgIpc) is 2.78. The Kier molecular flexibility index (Phi) is 5.06. The molecule has 1 unspecified atom stereocenters. The van der Waals surface area contributed by atoms with Gasteiger partial charge in [-0.05, 0) is 30.9 Å². The Balaban J connectivity index is 1.93. The van der Waals surface area contributed by atoms with Gasteiger partial charge in [0.2, 0.25) is 5.13 Å². The molecular weight excluding hydrogens is 273 g/mol. The van der Waals surface area contributed by atoms with Crippen LogP contribution in [0.25, 0.3) is 0 Å². The molecule has 3 nitrogen and oxygen atoms in total. The van der Waals surface area contributed by atoms with Crippen molar-refractivity contribution in [2.24, 2.45) is 5.92 Å². The third-order valence-electron chi connectivity index (χ3n) is 2.90. The number of rotatable bonds is 6. The Morgan fingerprint density at radius 1 is 1.15 bits per heavy atom. The highest BCUT2D eigenvalue weighted by Crippen LogP contribution is 2.20. The fraction of sp³-hybridized carbons (Fsp3) is 0.467. The van der Waals surface area contributed by atoms with E-state index < -0.39 is 0 Å². The molecule has 0 aliphatic carbocycles. The maximum atomic E-state index is 13.6. The lowest BCUT2D eigenvalue weighted by Crippen LogP contribution is -2.18. The Morgan fingerprint density at radius 2 is 1.90 bits per heavy atom. The molecule has 0 bridgehead atoms. The largest absolute Gasteiger partial charge is 0.357 e. The molecule has 0 spiro atoms. The van der Waals surface area contributed by atoms with Gasteiger partial charge < -0.3 is 5.32 Å². The first kappa shape index (κ1) is 14.9. The van der Waals surface area contributed by atoms with Crippen LogP contribution in [0.3, 0.4) is 0 Å². The molecule has 0 radical (unpaired) electrons. The van der Waals surface area contributed by atoms with Crippen molar-refractivity contribution in [1.29, 1.82) is 0 Å². The molecule has 1 aromatic carbocycles. The van der Waals surface area contributed by atoms with Crippen LogP contribution in [-0.2, 0) is 12.8 Å². The molecule has 1 aromatic heterocycles. The van der Waals surface area contributed by atoms with Crippen molar-refractivity contribution in [2.75, 3.05) is 5.32 Å². The van der Waals surface area contributed by atoms with Crippen molar-refractivity contribution in [2.45, 2.75) is 39.7 Å². The number of hydrogen-bond acceptors (Lipinski definition) is 4. The first-order valence-corrected chi connectivity index (χ1v) is 7.68. The molecule has 20 heavy (non-hydrogen) atoms. The number of nitrogens with zero attached hydrogens (tertiary/aromatic N) is 2. The monoisotopic (exact) mass is 293 g/mol. The molecule has 1 heterocycles. The first-order valence-electron chi connectivity index (χ1n) is 6.87. The quantitative estimate of drug-likeness (QED) is 0.877. The first-order chi connectivity index (χ1) is 9.54. The van der Waals surface area contributed by atoms with Crippen LogP contribution in [0.2, 0.25) is 0 Å². The summed E-state index contributed by atoms with van der Waals surface area (Å²) in [6, 6.07) is 6.99. The smallest absolute Gasteiger partial charge is 0.205 e. The standard InChI is InChI=1S/C15H20FN3S/c1-10(2)8-14-18-19-15(20-14)17-11(3)9-12-6-4-5-7-13(12)16/h4-7,10-11H,8-9H2,1-3H3,(H,17,19). The average molecular weight is 293 g/mol. The van der Waals surface area contributed by atoms with E-state index in [-0.39, 0.29) is 11.9 Å². The van der Waals surface area contributed by atoms with E-state index in [4.69, 9.17) is 0 Å². The molecule has 108 valence electrons. The van der Waals surface area contributed by atoms with Gasteiger partial charge >= 0.3 is 0 Å². The predicted octanol–water partition coefficient (Wildman–Crippen LogP) is 3.92. The highest BCUT2D eigenvalue weighted by atomic mass is 32.1. The molecule has 5 heteroatoms. The SMILES string of the molecule is CC(C)Cc1nnc(NC(C)Cc2ccccc2F)s1. The Morgan fingerprint density at radius 3 is 2.60 bits per heavy atom. The fourth-order valence-electron chi connectivity index (χ4n) is 2.00. The van der Waals surface area contributed by atoms with Crippen molar-refractivity contribution in [3.8, 4) is 0 Å². The lowest BCUT2D eigenvalue weighted by Gasteiger charge is -2.12. The van der Waals surface area contributed by atoms with E-state index >= 15 is 0 Å². The maximum Gasteiger partial charge on any atom is 0.205 e. The molecule has 0 fully saturated rings. The Hall–Kier alpha value is -1.49.